The molecule has 0 saturated heterocycles. The smallest absolute Gasteiger partial charge is 0.255 e. The molecule has 4 heteroatoms. The average molecular weight is 285 g/mol. The van der Waals surface area contributed by atoms with E-state index in [-0.39, 0.29) is 5.91 Å². The maximum atomic E-state index is 12.2. The van der Waals surface area contributed by atoms with E-state index in [9.17, 15) is 4.79 Å². The molecule has 4 nitrogen and oxygen atoms in total. The summed E-state index contributed by atoms with van der Waals surface area (Å²) in [6.07, 6.45) is 0. The molecule has 0 aliphatic rings. The van der Waals surface area contributed by atoms with Gasteiger partial charge in [-0.25, -0.2) is 0 Å². The van der Waals surface area contributed by atoms with Crippen molar-refractivity contribution in [3.8, 4) is 11.5 Å². The van der Waals surface area contributed by atoms with Gasteiger partial charge in [-0.15, -0.1) is 0 Å². The van der Waals surface area contributed by atoms with E-state index in [1.807, 2.05) is 38.1 Å². The molecule has 21 heavy (non-hydrogen) atoms. The van der Waals surface area contributed by atoms with Gasteiger partial charge in [-0.1, -0.05) is 18.2 Å². The lowest BCUT2D eigenvalue weighted by atomic mass is 10.2. The molecule has 1 amide bonds. The summed E-state index contributed by atoms with van der Waals surface area (Å²) < 4.78 is 11.0. The Hall–Kier alpha value is -2.49. The van der Waals surface area contributed by atoms with E-state index in [4.69, 9.17) is 9.47 Å². The second-order valence-corrected chi connectivity index (χ2v) is 4.34. The van der Waals surface area contributed by atoms with Gasteiger partial charge in [0.25, 0.3) is 5.91 Å². The fourth-order valence-corrected chi connectivity index (χ4v) is 1.93. The van der Waals surface area contributed by atoms with Crippen molar-refractivity contribution in [1.82, 2.24) is 0 Å². The van der Waals surface area contributed by atoms with Gasteiger partial charge in [0.15, 0.2) is 0 Å². The van der Waals surface area contributed by atoms with Crippen LogP contribution in [0.4, 0.5) is 5.69 Å². The van der Waals surface area contributed by atoms with Crippen LogP contribution < -0.4 is 14.8 Å². The van der Waals surface area contributed by atoms with Gasteiger partial charge >= 0.3 is 0 Å². The van der Waals surface area contributed by atoms with Gasteiger partial charge in [0, 0.05) is 11.6 Å². The van der Waals surface area contributed by atoms with Crippen molar-refractivity contribution in [2.75, 3.05) is 18.5 Å². The number of nitrogens with one attached hydrogen (secondary N) is 1. The first-order valence-corrected chi connectivity index (χ1v) is 7.00. The number of carbonyl (C=O) groups is 1. The fourth-order valence-electron chi connectivity index (χ4n) is 1.93. The number of anilines is 1. The zero-order valence-electron chi connectivity index (χ0n) is 12.3. The molecule has 2 aromatic carbocycles. The highest BCUT2D eigenvalue weighted by molar-refractivity contribution is 6.05. The lowest BCUT2D eigenvalue weighted by Crippen LogP contribution is -2.13. The monoisotopic (exact) mass is 285 g/mol. The predicted octanol–water partition coefficient (Wildman–Crippen LogP) is 3.74. The molecule has 0 unspecified atom stereocenters. The standard InChI is InChI=1S/C17H19NO3/c1-3-20-14-10-11-16(21-4-2)15(12-14)18-17(19)13-8-6-5-7-9-13/h5-12H,3-4H2,1-2H3,(H,18,19). The minimum atomic E-state index is -0.176. The summed E-state index contributed by atoms with van der Waals surface area (Å²) >= 11 is 0. The first kappa shape index (κ1) is 14.9. The molecule has 0 fully saturated rings. The minimum Gasteiger partial charge on any atom is -0.494 e. The molecule has 0 aliphatic heterocycles. The van der Waals surface area contributed by atoms with Crippen molar-refractivity contribution in [2.24, 2.45) is 0 Å². The van der Waals surface area contributed by atoms with E-state index >= 15 is 0 Å². The van der Waals surface area contributed by atoms with Crippen molar-refractivity contribution < 1.29 is 14.3 Å². The largest absolute Gasteiger partial charge is 0.494 e. The Labute approximate surface area is 124 Å². The molecule has 1 N–H and O–H groups in total. The topological polar surface area (TPSA) is 47.6 Å². The summed E-state index contributed by atoms with van der Waals surface area (Å²) in [5.41, 5.74) is 1.21. The average Bonchev–Trinajstić information content (AvgIpc) is 2.51. The van der Waals surface area contributed by atoms with Crippen LogP contribution in [0.3, 0.4) is 0 Å². The maximum absolute atomic E-state index is 12.2. The summed E-state index contributed by atoms with van der Waals surface area (Å²) in [4.78, 5) is 12.2. The Morgan fingerprint density at radius 1 is 1.00 bits per heavy atom. The molecule has 2 rings (SSSR count). The highest BCUT2D eigenvalue weighted by Gasteiger charge is 2.11. The van der Waals surface area contributed by atoms with Gasteiger partial charge in [-0.2, -0.15) is 0 Å². The normalized spacial score (nSPS) is 10.0. The van der Waals surface area contributed by atoms with Crippen LogP contribution in [0.1, 0.15) is 24.2 Å². The number of ether oxygens (including phenoxy) is 2. The molecule has 2 aromatic rings. The highest BCUT2D eigenvalue weighted by atomic mass is 16.5. The van der Waals surface area contributed by atoms with E-state index in [2.05, 4.69) is 5.32 Å². The summed E-state index contributed by atoms with van der Waals surface area (Å²) in [5, 5.41) is 2.87. The third kappa shape index (κ3) is 3.99. The van der Waals surface area contributed by atoms with Crippen LogP contribution in [0.15, 0.2) is 48.5 Å². The summed E-state index contributed by atoms with van der Waals surface area (Å²) in [6.45, 7) is 4.92. The number of hydrogen-bond acceptors (Lipinski definition) is 3. The fraction of sp³-hybridized carbons (Fsp3) is 0.235. The van der Waals surface area contributed by atoms with Crippen molar-refractivity contribution >= 4 is 11.6 Å². The van der Waals surface area contributed by atoms with Crippen LogP contribution in [0.2, 0.25) is 0 Å². The second kappa shape index (κ2) is 7.33. The van der Waals surface area contributed by atoms with Crippen LogP contribution in [0.25, 0.3) is 0 Å². The molecule has 110 valence electrons. The molecule has 0 aliphatic carbocycles. The summed E-state index contributed by atoms with van der Waals surface area (Å²) in [5.74, 6) is 1.15. The molecule has 0 saturated carbocycles. The van der Waals surface area contributed by atoms with Crippen molar-refractivity contribution in [3.05, 3.63) is 54.1 Å². The van der Waals surface area contributed by atoms with Crippen LogP contribution >= 0.6 is 0 Å². The Morgan fingerprint density at radius 3 is 2.38 bits per heavy atom. The molecule has 0 bridgehead atoms. The number of hydrogen-bond donors (Lipinski definition) is 1. The Bertz CT molecular complexity index is 596. The predicted molar refractivity (Wildman–Crippen MR) is 83.2 cm³/mol. The number of benzene rings is 2. The van der Waals surface area contributed by atoms with E-state index < -0.39 is 0 Å². The molecule has 0 atom stereocenters. The maximum Gasteiger partial charge on any atom is 0.255 e. The third-order valence-corrected chi connectivity index (χ3v) is 2.85. The van der Waals surface area contributed by atoms with Crippen LogP contribution in [0.5, 0.6) is 11.5 Å². The first-order valence-electron chi connectivity index (χ1n) is 7.00. The number of amides is 1. The van der Waals surface area contributed by atoms with E-state index in [0.717, 1.165) is 0 Å². The number of carbonyl (C=O) groups excluding carboxylic acids is 1. The van der Waals surface area contributed by atoms with E-state index in [1.54, 1.807) is 24.3 Å². The van der Waals surface area contributed by atoms with Gasteiger partial charge in [0.05, 0.1) is 18.9 Å². The molecule has 0 spiro atoms. The minimum absolute atomic E-state index is 0.176. The second-order valence-electron chi connectivity index (χ2n) is 4.34. The Morgan fingerprint density at radius 2 is 1.71 bits per heavy atom. The molecular formula is C17H19NO3. The van der Waals surface area contributed by atoms with Gasteiger partial charge in [-0.05, 0) is 38.1 Å². The van der Waals surface area contributed by atoms with Crippen LogP contribution in [0, 0.1) is 0 Å². The van der Waals surface area contributed by atoms with Gasteiger partial charge in [-0.3, -0.25) is 4.79 Å². The van der Waals surface area contributed by atoms with E-state index in [0.29, 0.717) is 36.0 Å². The Balaban J connectivity index is 2.23. The SMILES string of the molecule is CCOc1ccc(OCC)c(NC(=O)c2ccccc2)c1. The van der Waals surface area contributed by atoms with Crippen LogP contribution in [-0.2, 0) is 0 Å². The summed E-state index contributed by atoms with van der Waals surface area (Å²) in [6, 6.07) is 14.5. The Kier molecular flexibility index (Phi) is 5.21. The van der Waals surface area contributed by atoms with Gasteiger partial charge in [0.1, 0.15) is 11.5 Å². The lowest BCUT2D eigenvalue weighted by molar-refractivity contribution is 0.102. The lowest BCUT2D eigenvalue weighted by Gasteiger charge is -2.13. The molecule has 0 radical (unpaired) electrons. The number of rotatable bonds is 6. The van der Waals surface area contributed by atoms with Gasteiger partial charge in [0.2, 0.25) is 0 Å². The summed E-state index contributed by atoms with van der Waals surface area (Å²) in [7, 11) is 0. The zero-order chi connectivity index (χ0) is 15.1. The molecular weight excluding hydrogens is 266 g/mol. The van der Waals surface area contributed by atoms with E-state index in [1.165, 1.54) is 0 Å². The molecule has 0 aromatic heterocycles. The molecule has 0 heterocycles. The zero-order valence-corrected chi connectivity index (χ0v) is 12.3. The highest BCUT2D eigenvalue weighted by Crippen LogP contribution is 2.29. The van der Waals surface area contributed by atoms with Crippen molar-refractivity contribution in [1.29, 1.82) is 0 Å². The third-order valence-electron chi connectivity index (χ3n) is 2.85. The van der Waals surface area contributed by atoms with Crippen molar-refractivity contribution in [3.63, 3.8) is 0 Å². The van der Waals surface area contributed by atoms with Crippen LogP contribution in [-0.4, -0.2) is 19.1 Å². The first-order chi connectivity index (χ1) is 10.2. The van der Waals surface area contributed by atoms with Gasteiger partial charge < -0.3 is 14.8 Å². The van der Waals surface area contributed by atoms with Crippen molar-refractivity contribution in [2.45, 2.75) is 13.8 Å². The quantitative estimate of drug-likeness (QED) is 0.879.